The van der Waals surface area contributed by atoms with Crippen molar-refractivity contribution < 1.29 is 19.1 Å². The Balaban J connectivity index is 1.45. The fourth-order valence-electron chi connectivity index (χ4n) is 7.07. The van der Waals surface area contributed by atoms with E-state index in [1.54, 1.807) is 20.7 Å². The molecular weight excluding hydrogens is 518 g/mol. The topological polar surface area (TPSA) is 96.8 Å². The summed E-state index contributed by atoms with van der Waals surface area (Å²) in [5, 5.41) is 8.42. The molecule has 9 nitrogen and oxygen atoms in total. The van der Waals surface area contributed by atoms with Gasteiger partial charge < -0.3 is 19.9 Å². The third kappa shape index (κ3) is 4.90. The molecule has 0 unspecified atom stereocenters. The minimum Gasteiger partial charge on any atom is -0.378 e. The van der Waals surface area contributed by atoms with Gasteiger partial charge in [0.2, 0.25) is 17.7 Å². The summed E-state index contributed by atoms with van der Waals surface area (Å²) in [6.07, 6.45) is 4.66. The maximum Gasteiger partial charge on any atom is 0.250 e. The third-order valence-electron chi connectivity index (χ3n) is 9.36. The Morgan fingerprint density at radius 2 is 1.73 bits per heavy atom. The van der Waals surface area contributed by atoms with E-state index < -0.39 is 18.1 Å². The second kappa shape index (κ2) is 11.3. The largest absolute Gasteiger partial charge is 0.378 e. The van der Waals surface area contributed by atoms with E-state index in [0.717, 1.165) is 36.6 Å². The maximum absolute atomic E-state index is 14.7. The van der Waals surface area contributed by atoms with Crippen LogP contribution in [0.5, 0.6) is 0 Å². The van der Waals surface area contributed by atoms with Crippen molar-refractivity contribution in [3.8, 4) is 0 Å². The molecule has 3 atom stereocenters. The molecule has 6 rings (SSSR count). The average molecular weight is 558 g/mol. The van der Waals surface area contributed by atoms with Gasteiger partial charge in [0.15, 0.2) is 0 Å². The lowest BCUT2D eigenvalue weighted by atomic mass is 9.84. The summed E-state index contributed by atoms with van der Waals surface area (Å²) in [5.74, 6) is -0.639. The summed E-state index contributed by atoms with van der Waals surface area (Å²) >= 11 is 0. The van der Waals surface area contributed by atoms with Crippen LogP contribution in [0.1, 0.15) is 49.4 Å². The van der Waals surface area contributed by atoms with E-state index >= 15 is 0 Å². The monoisotopic (exact) mass is 557 g/mol. The second-order valence-corrected chi connectivity index (χ2v) is 11.6. The first-order valence-electron chi connectivity index (χ1n) is 14.9. The van der Waals surface area contributed by atoms with Crippen LogP contribution in [-0.4, -0.2) is 75.7 Å². The quantitative estimate of drug-likeness (QED) is 0.482. The normalized spacial score (nSPS) is 22.3. The summed E-state index contributed by atoms with van der Waals surface area (Å²) in [4.78, 5) is 46.7. The van der Waals surface area contributed by atoms with Crippen LogP contribution in [0.25, 0.3) is 10.9 Å². The van der Waals surface area contributed by atoms with Crippen molar-refractivity contribution >= 4 is 28.6 Å². The lowest BCUT2D eigenvalue weighted by Crippen LogP contribution is -2.69. The van der Waals surface area contributed by atoms with E-state index in [9.17, 15) is 14.4 Å². The van der Waals surface area contributed by atoms with E-state index in [2.05, 4.69) is 22.5 Å². The smallest absolute Gasteiger partial charge is 0.250 e. The molecule has 1 aliphatic carbocycles. The number of ether oxygens (including phenoxy) is 1. The molecule has 0 bridgehead atoms. The molecule has 216 valence electrons. The molecule has 2 aromatic carbocycles. The van der Waals surface area contributed by atoms with Crippen molar-refractivity contribution in [1.82, 2.24) is 24.9 Å². The van der Waals surface area contributed by atoms with Gasteiger partial charge in [-0.2, -0.15) is 5.10 Å². The van der Waals surface area contributed by atoms with E-state index in [4.69, 9.17) is 4.74 Å². The second-order valence-electron chi connectivity index (χ2n) is 11.6. The first kappa shape index (κ1) is 27.4. The standard InChI is InChI=1S/C32H39N5O4/c1-4-20(5-2)28-30(38)34-27(24-16-21-8-6-7-9-22(21)17-24)31(39)37(28)29(32(40)36-12-14-41-15-13-36)23-10-11-26-25(18-23)19-33-35(26)3/h6-11,18-20,24,27-29H,4-5,12-17H2,1-3H3,(H,34,38)/t27-,28-,29-/m1/s1. The highest BCUT2D eigenvalue weighted by molar-refractivity contribution is 6.01. The number of piperazine rings is 1. The predicted molar refractivity (Wildman–Crippen MR) is 155 cm³/mol. The Kier molecular flexibility index (Phi) is 7.55. The zero-order chi connectivity index (χ0) is 28.7. The maximum atomic E-state index is 14.7. The molecule has 2 aliphatic heterocycles. The van der Waals surface area contributed by atoms with E-state index in [-0.39, 0.29) is 29.6 Å². The number of carbonyl (C=O) groups excluding carboxylic acids is 3. The number of benzene rings is 2. The van der Waals surface area contributed by atoms with Crippen molar-refractivity contribution in [3.05, 3.63) is 65.4 Å². The van der Waals surface area contributed by atoms with Gasteiger partial charge in [0.25, 0.3) is 0 Å². The fraction of sp³-hybridized carbons (Fsp3) is 0.500. The summed E-state index contributed by atoms with van der Waals surface area (Å²) in [6.45, 7) is 5.90. The number of nitrogens with zero attached hydrogens (tertiary/aromatic N) is 4. The van der Waals surface area contributed by atoms with Gasteiger partial charge in [0.1, 0.15) is 18.1 Å². The number of carbonyl (C=O) groups is 3. The van der Waals surface area contributed by atoms with Crippen LogP contribution in [0, 0.1) is 11.8 Å². The van der Waals surface area contributed by atoms with Gasteiger partial charge >= 0.3 is 0 Å². The number of morpholine rings is 1. The molecule has 3 amide bonds. The van der Waals surface area contributed by atoms with Crippen molar-refractivity contribution in [2.45, 2.75) is 57.7 Å². The van der Waals surface area contributed by atoms with Gasteiger partial charge in [-0.15, -0.1) is 0 Å². The SMILES string of the molecule is CCC(CC)[C@@H]1C(=O)N[C@H](C2Cc3ccccc3C2)C(=O)N1[C@@H](C(=O)N1CCOCC1)c1ccc2c(cnn2C)c1. The number of aromatic nitrogens is 2. The van der Waals surface area contributed by atoms with Crippen LogP contribution in [0.2, 0.25) is 0 Å². The van der Waals surface area contributed by atoms with Gasteiger partial charge in [-0.25, -0.2) is 0 Å². The number of fused-ring (bicyclic) bond motifs is 2. The first-order chi connectivity index (χ1) is 19.9. The van der Waals surface area contributed by atoms with Gasteiger partial charge in [-0.05, 0) is 53.5 Å². The third-order valence-corrected chi connectivity index (χ3v) is 9.36. The summed E-state index contributed by atoms with van der Waals surface area (Å²) in [6, 6.07) is 11.7. The van der Waals surface area contributed by atoms with Crippen LogP contribution in [0.4, 0.5) is 0 Å². The molecule has 2 fully saturated rings. The zero-order valence-corrected chi connectivity index (χ0v) is 24.1. The van der Waals surface area contributed by atoms with E-state index in [1.165, 1.54) is 11.1 Å². The Hall–Kier alpha value is -3.72. The predicted octanol–water partition coefficient (Wildman–Crippen LogP) is 3.02. The van der Waals surface area contributed by atoms with Gasteiger partial charge in [0.05, 0.1) is 24.9 Å². The summed E-state index contributed by atoms with van der Waals surface area (Å²) < 4.78 is 7.33. The Bertz CT molecular complexity index is 1430. The molecule has 0 spiro atoms. The van der Waals surface area contributed by atoms with Crippen molar-refractivity contribution in [2.75, 3.05) is 26.3 Å². The minimum atomic E-state index is -0.923. The molecule has 1 aromatic heterocycles. The molecule has 0 saturated carbocycles. The van der Waals surface area contributed by atoms with Crippen LogP contribution < -0.4 is 5.32 Å². The molecule has 2 saturated heterocycles. The highest BCUT2D eigenvalue weighted by Gasteiger charge is 2.51. The van der Waals surface area contributed by atoms with E-state index in [0.29, 0.717) is 31.9 Å². The number of amides is 3. The highest BCUT2D eigenvalue weighted by atomic mass is 16.5. The lowest BCUT2D eigenvalue weighted by molar-refractivity contribution is -0.163. The van der Waals surface area contributed by atoms with Gasteiger partial charge in [-0.3, -0.25) is 19.1 Å². The average Bonchev–Trinajstić information content (AvgIpc) is 3.60. The van der Waals surface area contributed by atoms with Crippen LogP contribution in [0.15, 0.2) is 48.7 Å². The van der Waals surface area contributed by atoms with Crippen LogP contribution in [-0.2, 0) is 39.0 Å². The van der Waals surface area contributed by atoms with Crippen molar-refractivity contribution in [3.63, 3.8) is 0 Å². The molecular formula is C32H39N5O4. The van der Waals surface area contributed by atoms with Crippen molar-refractivity contribution in [2.24, 2.45) is 18.9 Å². The molecule has 0 radical (unpaired) electrons. The number of hydrogen-bond donors (Lipinski definition) is 1. The number of nitrogens with one attached hydrogen (secondary N) is 1. The van der Waals surface area contributed by atoms with Crippen molar-refractivity contribution in [1.29, 1.82) is 0 Å². The minimum absolute atomic E-state index is 0.0612. The molecule has 3 aliphatic rings. The Morgan fingerprint density at radius 3 is 2.39 bits per heavy atom. The Morgan fingerprint density at radius 1 is 1.05 bits per heavy atom. The number of aryl methyl sites for hydroxylation is 1. The molecule has 3 heterocycles. The highest BCUT2D eigenvalue weighted by Crippen LogP contribution is 2.38. The fourth-order valence-corrected chi connectivity index (χ4v) is 7.07. The molecule has 1 N–H and O–H groups in total. The zero-order valence-electron chi connectivity index (χ0n) is 24.1. The lowest BCUT2D eigenvalue weighted by Gasteiger charge is -2.47. The summed E-state index contributed by atoms with van der Waals surface area (Å²) in [7, 11) is 1.88. The molecule has 41 heavy (non-hydrogen) atoms. The first-order valence-corrected chi connectivity index (χ1v) is 14.9. The number of rotatable bonds is 7. The van der Waals surface area contributed by atoms with Gasteiger partial charge in [-0.1, -0.05) is 57.0 Å². The summed E-state index contributed by atoms with van der Waals surface area (Å²) in [5.41, 5.74) is 4.08. The van der Waals surface area contributed by atoms with Crippen LogP contribution in [0.3, 0.4) is 0 Å². The van der Waals surface area contributed by atoms with Gasteiger partial charge in [0, 0.05) is 25.5 Å². The van der Waals surface area contributed by atoms with Crippen LogP contribution >= 0.6 is 0 Å². The molecule has 3 aromatic rings. The van der Waals surface area contributed by atoms with E-state index in [1.807, 2.05) is 51.2 Å². The number of hydrogen-bond acceptors (Lipinski definition) is 5. The Labute approximate surface area is 240 Å². The molecule has 9 heteroatoms.